The molecule has 0 bridgehead atoms. The zero-order chi connectivity index (χ0) is 19.0. The van der Waals surface area contributed by atoms with Crippen molar-refractivity contribution in [2.24, 2.45) is 4.99 Å². The van der Waals surface area contributed by atoms with Gasteiger partial charge in [0.2, 0.25) is 0 Å². The molecule has 0 atom stereocenters. The summed E-state index contributed by atoms with van der Waals surface area (Å²) in [6.07, 6.45) is 1.80. The van der Waals surface area contributed by atoms with Crippen molar-refractivity contribution in [2.75, 3.05) is 0 Å². The smallest absolute Gasteiger partial charge is 0.279 e. The van der Waals surface area contributed by atoms with E-state index in [1.165, 1.54) is 11.3 Å². The van der Waals surface area contributed by atoms with Gasteiger partial charge in [0.1, 0.15) is 0 Å². The standard InChI is InChI=1S/C22H17ClN2OS/c1-3-12-25-20-14(2)18(23)10-11-19(20)27-22(25)24-21(26)17-9-8-15-6-4-5-7-16(15)13-17/h3-11,13H,1,12H2,2H3. The van der Waals surface area contributed by atoms with Crippen LogP contribution in [0.3, 0.4) is 0 Å². The van der Waals surface area contributed by atoms with Gasteiger partial charge in [0.05, 0.1) is 10.2 Å². The Labute approximate surface area is 165 Å². The van der Waals surface area contributed by atoms with Crippen LogP contribution in [0.2, 0.25) is 5.02 Å². The molecular formula is C22H17ClN2OS. The maximum Gasteiger partial charge on any atom is 0.279 e. The minimum Gasteiger partial charge on any atom is -0.312 e. The molecule has 0 N–H and O–H groups in total. The van der Waals surface area contributed by atoms with E-state index in [4.69, 9.17) is 11.6 Å². The molecule has 134 valence electrons. The highest BCUT2D eigenvalue weighted by molar-refractivity contribution is 7.16. The number of rotatable bonds is 3. The Bertz CT molecular complexity index is 1270. The third-order valence-corrected chi connectivity index (χ3v) is 5.99. The zero-order valence-corrected chi connectivity index (χ0v) is 16.3. The number of benzene rings is 3. The van der Waals surface area contributed by atoms with Crippen LogP contribution in [-0.2, 0) is 6.54 Å². The minimum atomic E-state index is -0.256. The van der Waals surface area contributed by atoms with Crippen molar-refractivity contribution in [1.29, 1.82) is 0 Å². The molecule has 27 heavy (non-hydrogen) atoms. The van der Waals surface area contributed by atoms with Crippen LogP contribution in [0.4, 0.5) is 0 Å². The van der Waals surface area contributed by atoms with Crippen molar-refractivity contribution in [2.45, 2.75) is 13.5 Å². The fourth-order valence-electron chi connectivity index (χ4n) is 3.17. The fraction of sp³-hybridized carbons (Fsp3) is 0.0909. The van der Waals surface area contributed by atoms with Crippen molar-refractivity contribution < 1.29 is 4.79 Å². The Morgan fingerprint density at radius 3 is 2.74 bits per heavy atom. The van der Waals surface area contributed by atoms with E-state index < -0.39 is 0 Å². The minimum absolute atomic E-state index is 0.256. The fourth-order valence-corrected chi connectivity index (χ4v) is 4.42. The van der Waals surface area contributed by atoms with Gasteiger partial charge in [-0.25, -0.2) is 0 Å². The zero-order valence-electron chi connectivity index (χ0n) is 14.8. The number of amides is 1. The molecule has 0 unspecified atom stereocenters. The van der Waals surface area contributed by atoms with Gasteiger partial charge < -0.3 is 4.57 Å². The molecule has 5 heteroatoms. The highest BCUT2D eigenvalue weighted by Gasteiger charge is 2.12. The van der Waals surface area contributed by atoms with Crippen LogP contribution in [0.1, 0.15) is 15.9 Å². The van der Waals surface area contributed by atoms with E-state index in [0.29, 0.717) is 21.9 Å². The van der Waals surface area contributed by atoms with Crippen LogP contribution < -0.4 is 4.80 Å². The van der Waals surface area contributed by atoms with Gasteiger partial charge in [0.25, 0.3) is 5.91 Å². The van der Waals surface area contributed by atoms with E-state index >= 15 is 0 Å². The lowest BCUT2D eigenvalue weighted by molar-refractivity contribution is 0.0998. The lowest BCUT2D eigenvalue weighted by Crippen LogP contribution is -2.16. The lowest BCUT2D eigenvalue weighted by atomic mass is 10.1. The average molecular weight is 393 g/mol. The molecule has 0 aliphatic carbocycles. The van der Waals surface area contributed by atoms with Crippen molar-refractivity contribution in [1.82, 2.24) is 4.57 Å². The van der Waals surface area contributed by atoms with Gasteiger partial charge in [-0.3, -0.25) is 4.79 Å². The van der Waals surface area contributed by atoms with Crippen LogP contribution in [0, 0.1) is 6.92 Å². The summed E-state index contributed by atoms with van der Waals surface area (Å²) in [7, 11) is 0. The molecule has 4 rings (SSSR count). The number of hydrogen-bond donors (Lipinski definition) is 0. The van der Waals surface area contributed by atoms with Gasteiger partial charge in [-0.05, 0) is 47.5 Å². The normalized spacial score (nSPS) is 12.0. The molecular weight excluding hydrogens is 376 g/mol. The highest BCUT2D eigenvalue weighted by Crippen LogP contribution is 2.27. The van der Waals surface area contributed by atoms with Crippen molar-refractivity contribution >= 4 is 49.8 Å². The first-order chi connectivity index (χ1) is 13.1. The van der Waals surface area contributed by atoms with Gasteiger partial charge in [-0.1, -0.05) is 59.3 Å². The Morgan fingerprint density at radius 1 is 1.19 bits per heavy atom. The van der Waals surface area contributed by atoms with Gasteiger partial charge >= 0.3 is 0 Å². The predicted molar refractivity (Wildman–Crippen MR) is 114 cm³/mol. The Balaban J connectivity index is 1.88. The summed E-state index contributed by atoms with van der Waals surface area (Å²) in [6, 6.07) is 17.5. The molecule has 0 saturated heterocycles. The topological polar surface area (TPSA) is 34.4 Å². The lowest BCUT2D eigenvalue weighted by Gasteiger charge is -2.05. The van der Waals surface area contributed by atoms with Crippen molar-refractivity contribution in [3.63, 3.8) is 0 Å². The van der Waals surface area contributed by atoms with E-state index in [1.807, 2.05) is 66.1 Å². The summed E-state index contributed by atoms with van der Waals surface area (Å²) >= 11 is 7.78. The van der Waals surface area contributed by atoms with E-state index in [9.17, 15) is 4.79 Å². The second kappa shape index (κ2) is 7.14. The summed E-state index contributed by atoms with van der Waals surface area (Å²) in [5.74, 6) is -0.256. The first-order valence-electron chi connectivity index (χ1n) is 8.55. The van der Waals surface area contributed by atoms with E-state index in [-0.39, 0.29) is 5.91 Å². The SMILES string of the molecule is C=CCn1c(=NC(=O)c2ccc3ccccc3c2)sc2ccc(Cl)c(C)c21. The molecule has 1 amide bonds. The molecule has 0 aliphatic heterocycles. The largest absolute Gasteiger partial charge is 0.312 e. The monoisotopic (exact) mass is 392 g/mol. The number of aryl methyl sites for hydroxylation is 1. The summed E-state index contributed by atoms with van der Waals surface area (Å²) in [5, 5.41) is 2.82. The number of aromatic nitrogens is 1. The molecule has 1 heterocycles. The molecule has 0 radical (unpaired) electrons. The maximum atomic E-state index is 12.8. The second-order valence-corrected chi connectivity index (χ2v) is 7.70. The predicted octanol–water partition coefficient (Wildman–Crippen LogP) is 5.74. The quantitative estimate of drug-likeness (QED) is 0.409. The van der Waals surface area contributed by atoms with Crippen molar-refractivity contribution in [3.05, 3.63) is 88.2 Å². The van der Waals surface area contributed by atoms with E-state index in [0.717, 1.165) is 26.6 Å². The van der Waals surface area contributed by atoms with Crippen LogP contribution in [0.15, 0.2) is 72.2 Å². The molecule has 0 aliphatic rings. The van der Waals surface area contributed by atoms with Crippen LogP contribution in [0.5, 0.6) is 0 Å². The first-order valence-corrected chi connectivity index (χ1v) is 9.75. The molecule has 0 saturated carbocycles. The van der Waals surface area contributed by atoms with Crippen molar-refractivity contribution in [3.8, 4) is 0 Å². The van der Waals surface area contributed by atoms with Crippen LogP contribution in [0.25, 0.3) is 21.0 Å². The Hall–Kier alpha value is -2.69. The molecule has 3 aromatic carbocycles. The first kappa shape index (κ1) is 17.7. The molecule has 0 fully saturated rings. The van der Waals surface area contributed by atoms with Gasteiger partial charge in [-0.15, -0.1) is 6.58 Å². The number of carbonyl (C=O) groups excluding carboxylic acids is 1. The van der Waals surface area contributed by atoms with Gasteiger partial charge in [-0.2, -0.15) is 4.99 Å². The van der Waals surface area contributed by atoms with E-state index in [2.05, 4.69) is 11.6 Å². The number of fused-ring (bicyclic) bond motifs is 2. The number of thiazole rings is 1. The summed E-state index contributed by atoms with van der Waals surface area (Å²) in [5.41, 5.74) is 2.55. The summed E-state index contributed by atoms with van der Waals surface area (Å²) in [6.45, 7) is 6.37. The number of carbonyl (C=O) groups is 1. The summed E-state index contributed by atoms with van der Waals surface area (Å²) < 4.78 is 3.04. The Morgan fingerprint density at radius 2 is 1.96 bits per heavy atom. The second-order valence-electron chi connectivity index (χ2n) is 6.28. The number of hydrogen-bond acceptors (Lipinski definition) is 2. The Kier molecular flexibility index (Phi) is 4.68. The van der Waals surface area contributed by atoms with Gasteiger partial charge in [0, 0.05) is 17.1 Å². The third-order valence-electron chi connectivity index (χ3n) is 4.54. The third kappa shape index (κ3) is 3.22. The number of nitrogens with zero attached hydrogens (tertiary/aromatic N) is 2. The van der Waals surface area contributed by atoms with E-state index in [1.54, 1.807) is 6.08 Å². The highest BCUT2D eigenvalue weighted by atomic mass is 35.5. The van der Waals surface area contributed by atoms with Gasteiger partial charge in [0.15, 0.2) is 4.80 Å². The average Bonchev–Trinajstić information content (AvgIpc) is 3.02. The molecule has 4 aromatic rings. The molecule has 1 aromatic heterocycles. The molecule has 0 spiro atoms. The maximum absolute atomic E-state index is 12.8. The van der Waals surface area contributed by atoms with Crippen LogP contribution >= 0.6 is 22.9 Å². The number of halogens is 1. The molecule has 3 nitrogen and oxygen atoms in total. The van der Waals surface area contributed by atoms with Crippen LogP contribution in [-0.4, -0.2) is 10.5 Å². The summed E-state index contributed by atoms with van der Waals surface area (Å²) in [4.78, 5) is 17.9. The number of allylic oxidation sites excluding steroid dienone is 1.